The number of nitrogens with zero attached hydrogens (tertiary/aromatic N) is 2. The zero-order valence-corrected chi connectivity index (χ0v) is 15.9. The van der Waals surface area contributed by atoms with E-state index < -0.39 is 11.9 Å². The number of anilines is 2. The molecule has 2 aromatic rings. The molecule has 1 atom stereocenters. The highest BCUT2D eigenvalue weighted by Crippen LogP contribution is 2.26. The first kappa shape index (κ1) is 18.5. The third-order valence-corrected chi connectivity index (χ3v) is 4.90. The highest BCUT2D eigenvalue weighted by molar-refractivity contribution is 9.10. The van der Waals surface area contributed by atoms with Crippen LogP contribution in [0, 0.1) is 5.82 Å². The normalized spacial score (nSPS) is 17.0. The van der Waals surface area contributed by atoms with Crippen LogP contribution in [0.25, 0.3) is 0 Å². The molecule has 0 aliphatic carbocycles. The Morgan fingerprint density at radius 2 is 1.96 bits per heavy atom. The van der Waals surface area contributed by atoms with Crippen LogP contribution in [0.3, 0.4) is 0 Å². The molecule has 0 spiro atoms. The second-order valence-corrected chi connectivity index (χ2v) is 7.13. The van der Waals surface area contributed by atoms with Gasteiger partial charge in [0.1, 0.15) is 5.82 Å². The molecule has 2 aromatic carbocycles. The summed E-state index contributed by atoms with van der Waals surface area (Å²) in [7, 11) is 1.73. The lowest BCUT2D eigenvalue weighted by atomic mass is 10.2. The van der Waals surface area contributed by atoms with Gasteiger partial charge in [0.05, 0.1) is 18.3 Å². The summed E-state index contributed by atoms with van der Waals surface area (Å²) in [6.07, 6.45) is 0.551. The average molecular weight is 420 g/mol. The van der Waals surface area contributed by atoms with Gasteiger partial charge >= 0.3 is 0 Å². The van der Waals surface area contributed by atoms with Gasteiger partial charge in [0.15, 0.2) is 0 Å². The lowest BCUT2D eigenvalue weighted by Gasteiger charge is -2.23. The van der Waals surface area contributed by atoms with Crippen molar-refractivity contribution < 1.29 is 14.0 Å². The smallest absolute Gasteiger partial charge is 0.244 e. The quantitative estimate of drug-likeness (QED) is 0.808. The van der Waals surface area contributed by atoms with Crippen molar-refractivity contribution in [2.24, 2.45) is 0 Å². The van der Waals surface area contributed by atoms with E-state index in [0.29, 0.717) is 18.7 Å². The van der Waals surface area contributed by atoms with Crippen molar-refractivity contribution in [3.63, 3.8) is 0 Å². The summed E-state index contributed by atoms with van der Waals surface area (Å²) in [6.45, 7) is 0.515. The number of rotatable bonds is 5. The van der Waals surface area contributed by atoms with Crippen LogP contribution in [0.2, 0.25) is 0 Å². The molecule has 1 saturated heterocycles. The molecule has 1 fully saturated rings. The van der Waals surface area contributed by atoms with Crippen LogP contribution < -0.4 is 10.2 Å². The summed E-state index contributed by atoms with van der Waals surface area (Å²) in [5.41, 5.74) is 0.977. The lowest BCUT2D eigenvalue weighted by molar-refractivity contribution is -0.123. The predicted octanol–water partition coefficient (Wildman–Crippen LogP) is 3.26. The first-order valence-corrected chi connectivity index (χ1v) is 9.06. The first-order valence-electron chi connectivity index (χ1n) is 8.27. The maximum Gasteiger partial charge on any atom is 0.244 e. The first-order chi connectivity index (χ1) is 12.5. The number of carbonyl (C=O) groups excluding carboxylic acids is 2. The Morgan fingerprint density at radius 1 is 1.27 bits per heavy atom. The molecule has 136 valence electrons. The van der Waals surface area contributed by atoms with Crippen LogP contribution in [-0.4, -0.2) is 42.9 Å². The highest BCUT2D eigenvalue weighted by atomic mass is 79.9. The predicted molar refractivity (Wildman–Crippen MR) is 103 cm³/mol. The molecule has 2 amide bonds. The minimum absolute atomic E-state index is 0.0809. The van der Waals surface area contributed by atoms with Crippen molar-refractivity contribution in [1.82, 2.24) is 4.90 Å². The molecule has 5 nitrogen and oxygen atoms in total. The van der Waals surface area contributed by atoms with E-state index in [0.717, 1.165) is 4.47 Å². The zero-order valence-electron chi connectivity index (χ0n) is 14.3. The summed E-state index contributed by atoms with van der Waals surface area (Å²) in [6, 6.07) is 13.1. The highest BCUT2D eigenvalue weighted by Gasteiger charge is 2.36. The number of amides is 2. The maximum atomic E-state index is 13.9. The topological polar surface area (TPSA) is 52.7 Å². The van der Waals surface area contributed by atoms with Crippen LogP contribution in [0.15, 0.2) is 53.0 Å². The summed E-state index contributed by atoms with van der Waals surface area (Å²) in [5.74, 6) is -0.807. The fourth-order valence-electron chi connectivity index (χ4n) is 3.05. The molecule has 26 heavy (non-hydrogen) atoms. The Balaban J connectivity index is 1.60. The van der Waals surface area contributed by atoms with Crippen molar-refractivity contribution in [2.75, 3.05) is 30.4 Å². The molecule has 0 bridgehead atoms. The molecule has 1 N–H and O–H groups in total. The van der Waals surface area contributed by atoms with E-state index in [1.807, 2.05) is 12.1 Å². The second kappa shape index (κ2) is 7.97. The molecule has 3 rings (SSSR count). The third kappa shape index (κ3) is 4.11. The van der Waals surface area contributed by atoms with Crippen molar-refractivity contribution >= 4 is 39.1 Å². The van der Waals surface area contributed by atoms with Gasteiger partial charge in [-0.25, -0.2) is 4.39 Å². The number of halogens is 2. The zero-order chi connectivity index (χ0) is 18.7. The van der Waals surface area contributed by atoms with Gasteiger partial charge in [-0.3, -0.25) is 14.5 Å². The maximum absolute atomic E-state index is 13.9. The number of hydrogen-bond acceptors (Lipinski definition) is 3. The van der Waals surface area contributed by atoms with Gasteiger partial charge in [0.25, 0.3) is 0 Å². The van der Waals surface area contributed by atoms with Crippen LogP contribution in [-0.2, 0) is 9.59 Å². The fourth-order valence-corrected chi connectivity index (χ4v) is 3.32. The van der Waals surface area contributed by atoms with Gasteiger partial charge in [-0.2, -0.15) is 0 Å². The van der Waals surface area contributed by atoms with Crippen molar-refractivity contribution in [3.05, 3.63) is 58.8 Å². The van der Waals surface area contributed by atoms with Crippen LogP contribution >= 0.6 is 15.9 Å². The standard InChI is InChI=1S/C19H19BrFN3O2/c1-23(12-18(25)22-14-8-6-13(20)7-9-14)17-10-11-24(19(17)26)16-5-3-2-4-15(16)21/h2-9,17H,10-12H2,1H3,(H,22,25). The van der Waals surface area contributed by atoms with Crippen LogP contribution in [0.1, 0.15) is 6.42 Å². The van der Waals surface area contributed by atoms with Gasteiger partial charge in [0.2, 0.25) is 11.8 Å². The van der Waals surface area contributed by atoms with E-state index in [2.05, 4.69) is 21.2 Å². The number of nitrogens with one attached hydrogen (secondary N) is 1. The van der Waals surface area contributed by atoms with Gasteiger partial charge < -0.3 is 10.2 Å². The number of benzene rings is 2. The van der Waals surface area contributed by atoms with E-state index >= 15 is 0 Å². The Kier molecular flexibility index (Phi) is 5.68. The Hall–Kier alpha value is -2.25. The molecular weight excluding hydrogens is 401 g/mol. The Labute approximate surface area is 159 Å². The minimum atomic E-state index is -0.440. The third-order valence-electron chi connectivity index (χ3n) is 4.37. The van der Waals surface area contributed by atoms with Crippen molar-refractivity contribution in [2.45, 2.75) is 12.5 Å². The molecular formula is C19H19BrFN3O2. The number of para-hydroxylation sites is 1. The SMILES string of the molecule is CN(CC(=O)Nc1ccc(Br)cc1)C1CCN(c2ccccc2F)C1=O. The summed E-state index contributed by atoms with van der Waals surface area (Å²) >= 11 is 3.34. The number of carbonyl (C=O) groups is 2. The van der Waals surface area contributed by atoms with Gasteiger partial charge in [0, 0.05) is 16.7 Å². The molecule has 1 aliphatic rings. The summed E-state index contributed by atoms with van der Waals surface area (Å²) < 4.78 is 14.9. The molecule has 0 saturated carbocycles. The van der Waals surface area contributed by atoms with E-state index in [9.17, 15) is 14.0 Å². The summed E-state index contributed by atoms with van der Waals surface area (Å²) in [5, 5.41) is 2.80. The molecule has 0 radical (unpaired) electrons. The van der Waals surface area contributed by atoms with Gasteiger partial charge in [-0.05, 0) is 49.9 Å². The van der Waals surface area contributed by atoms with Gasteiger partial charge in [-0.15, -0.1) is 0 Å². The van der Waals surface area contributed by atoms with Gasteiger partial charge in [-0.1, -0.05) is 28.1 Å². The van der Waals surface area contributed by atoms with E-state index in [1.165, 1.54) is 11.0 Å². The fraction of sp³-hybridized carbons (Fsp3) is 0.263. The van der Waals surface area contributed by atoms with Crippen molar-refractivity contribution in [1.29, 1.82) is 0 Å². The Bertz CT molecular complexity index is 813. The van der Waals surface area contributed by atoms with Crippen molar-refractivity contribution in [3.8, 4) is 0 Å². The number of hydrogen-bond donors (Lipinski definition) is 1. The van der Waals surface area contributed by atoms with E-state index in [-0.39, 0.29) is 24.0 Å². The van der Waals surface area contributed by atoms with Crippen LogP contribution in [0.4, 0.5) is 15.8 Å². The Morgan fingerprint density at radius 3 is 2.65 bits per heavy atom. The monoisotopic (exact) mass is 419 g/mol. The summed E-state index contributed by atoms with van der Waals surface area (Å²) in [4.78, 5) is 28.0. The van der Waals surface area contributed by atoms with E-state index in [1.54, 1.807) is 42.3 Å². The van der Waals surface area contributed by atoms with E-state index in [4.69, 9.17) is 0 Å². The largest absolute Gasteiger partial charge is 0.325 e. The number of likely N-dealkylation sites (N-methyl/N-ethyl adjacent to an activating group) is 1. The molecule has 0 aromatic heterocycles. The minimum Gasteiger partial charge on any atom is -0.325 e. The molecule has 1 heterocycles. The lowest BCUT2D eigenvalue weighted by Crippen LogP contribution is -2.43. The molecule has 1 aliphatic heterocycles. The molecule has 7 heteroatoms. The average Bonchev–Trinajstić information content (AvgIpc) is 2.99. The van der Waals surface area contributed by atoms with Crippen LogP contribution in [0.5, 0.6) is 0 Å². The second-order valence-electron chi connectivity index (χ2n) is 6.22. The molecule has 1 unspecified atom stereocenters.